The molecule has 0 radical (unpaired) electrons. The molecule has 0 aromatic heterocycles. The largest absolute Gasteiger partial charge is 0.0949 e. The number of benzene rings is 2. The molecule has 2 aliphatic carbocycles. The van der Waals surface area contributed by atoms with E-state index < -0.39 is 0 Å². The summed E-state index contributed by atoms with van der Waals surface area (Å²) in [5.74, 6) is 0.665. The molecule has 2 aromatic carbocycles. The van der Waals surface area contributed by atoms with Crippen LogP contribution in [0.4, 0.5) is 0 Å². The second-order valence-corrected chi connectivity index (χ2v) is 9.39. The van der Waals surface area contributed by atoms with Crippen LogP contribution in [0.3, 0.4) is 0 Å². The summed E-state index contributed by atoms with van der Waals surface area (Å²) in [5, 5.41) is 0. The fraction of sp³-hybridized carbons (Fsp3) is 0.371. The summed E-state index contributed by atoms with van der Waals surface area (Å²) in [5.41, 5.74) is 10.8. The standard InChI is InChI=1S/C25H30.C8H10.C2H6/c1-18-9-7-13-22(16-15-18)20(3)17-25-19(2)10-8-14-24(25)21(4)23-11-5-6-12-23;1-2-8-6-4-3-5-7-8;1-2/h8-10,13-17,23H,4-7,11-12H2,1-3H3;3-7H,2H2,1H3;1-2H3/b20-17+;;. The molecule has 2 aliphatic rings. The lowest BCUT2D eigenvalue weighted by Gasteiger charge is -2.18. The predicted molar refractivity (Wildman–Crippen MR) is 159 cm³/mol. The van der Waals surface area contributed by atoms with Crippen molar-refractivity contribution in [3.05, 3.63) is 118 Å². The smallest absolute Gasteiger partial charge is 0.0149 e. The van der Waals surface area contributed by atoms with E-state index in [9.17, 15) is 0 Å². The molecule has 35 heavy (non-hydrogen) atoms. The SMILES string of the molecule is C=C(c1cccc(C)c1/C=C(\C)C1=CCC=C(C)C=C1)C1CCCC1.CC.CCc1ccccc1. The van der Waals surface area contributed by atoms with Crippen LogP contribution >= 0.6 is 0 Å². The minimum Gasteiger partial charge on any atom is -0.0949 e. The first-order valence-electron chi connectivity index (χ1n) is 13.6. The lowest BCUT2D eigenvalue weighted by molar-refractivity contribution is 0.707. The second-order valence-electron chi connectivity index (χ2n) is 9.39. The van der Waals surface area contributed by atoms with E-state index in [1.807, 2.05) is 19.9 Å². The van der Waals surface area contributed by atoms with Crippen LogP contribution in [0.5, 0.6) is 0 Å². The maximum atomic E-state index is 4.49. The van der Waals surface area contributed by atoms with Crippen LogP contribution in [0.15, 0.2) is 96.1 Å². The van der Waals surface area contributed by atoms with Crippen molar-refractivity contribution in [3.63, 3.8) is 0 Å². The number of rotatable bonds is 5. The molecule has 0 heterocycles. The summed E-state index contributed by atoms with van der Waals surface area (Å²) in [7, 11) is 0. The molecule has 0 spiro atoms. The Balaban J connectivity index is 0.000000363. The number of allylic oxidation sites excluding steroid dienone is 8. The van der Waals surface area contributed by atoms with E-state index in [0.717, 1.165) is 12.8 Å². The zero-order valence-corrected chi connectivity index (χ0v) is 23.0. The molecule has 1 fully saturated rings. The van der Waals surface area contributed by atoms with Gasteiger partial charge in [-0.2, -0.15) is 0 Å². The summed E-state index contributed by atoms with van der Waals surface area (Å²) in [6.45, 7) is 17.3. The highest BCUT2D eigenvalue weighted by Crippen LogP contribution is 2.38. The molecule has 186 valence electrons. The summed E-state index contributed by atoms with van der Waals surface area (Å²) in [6, 6.07) is 17.1. The van der Waals surface area contributed by atoms with Gasteiger partial charge in [0.1, 0.15) is 0 Å². The van der Waals surface area contributed by atoms with E-state index in [-0.39, 0.29) is 0 Å². The Hall–Kier alpha value is -2.86. The molecule has 4 rings (SSSR count). The predicted octanol–water partition coefficient (Wildman–Crippen LogP) is 10.7. The van der Waals surface area contributed by atoms with Crippen LogP contribution in [-0.4, -0.2) is 0 Å². The third kappa shape index (κ3) is 8.70. The summed E-state index contributed by atoms with van der Waals surface area (Å²) in [6.07, 6.45) is 18.9. The zero-order chi connectivity index (χ0) is 25.6. The van der Waals surface area contributed by atoms with Crippen LogP contribution in [0.1, 0.15) is 89.0 Å². The highest BCUT2D eigenvalue weighted by atomic mass is 14.3. The number of hydrogen-bond acceptors (Lipinski definition) is 0. The van der Waals surface area contributed by atoms with Crippen molar-refractivity contribution in [1.82, 2.24) is 0 Å². The van der Waals surface area contributed by atoms with Crippen LogP contribution in [-0.2, 0) is 6.42 Å². The van der Waals surface area contributed by atoms with Gasteiger partial charge >= 0.3 is 0 Å². The Kier molecular flexibility index (Phi) is 12.3. The average molecular weight is 467 g/mol. The van der Waals surface area contributed by atoms with Gasteiger partial charge in [0.25, 0.3) is 0 Å². The Morgan fingerprint density at radius 3 is 2.23 bits per heavy atom. The highest BCUT2D eigenvalue weighted by Gasteiger charge is 2.20. The Morgan fingerprint density at radius 1 is 0.914 bits per heavy atom. The lowest BCUT2D eigenvalue weighted by Crippen LogP contribution is -2.00. The van der Waals surface area contributed by atoms with E-state index in [1.165, 1.54) is 70.2 Å². The monoisotopic (exact) mass is 466 g/mol. The van der Waals surface area contributed by atoms with Gasteiger partial charge in [-0.05, 0) is 91.3 Å². The quantitative estimate of drug-likeness (QED) is 0.411. The van der Waals surface area contributed by atoms with Crippen molar-refractivity contribution in [2.75, 3.05) is 0 Å². The first-order valence-corrected chi connectivity index (χ1v) is 13.6. The van der Waals surface area contributed by atoms with Crippen molar-refractivity contribution in [2.24, 2.45) is 5.92 Å². The summed E-state index contributed by atoms with van der Waals surface area (Å²) >= 11 is 0. The molecular weight excluding hydrogens is 420 g/mol. The number of aryl methyl sites for hydroxylation is 2. The van der Waals surface area contributed by atoms with Crippen molar-refractivity contribution in [2.45, 2.75) is 80.1 Å². The Labute approximate surface area is 215 Å². The van der Waals surface area contributed by atoms with E-state index in [2.05, 4.69) is 107 Å². The Bertz CT molecular complexity index is 1050. The molecule has 0 amide bonds. The topological polar surface area (TPSA) is 0 Å². The van der Waals surface area contributed by atoms with Gasteiger partial charge in [-0.15, -0.1) is 0 Å². The van der Waals surface area contributed by atoms with Crippen molar-refractivity contribution >= 4 is 11.6 Å². The molecule has 0 atom stereocenters. The lowest BCUT2D eigenvalue weighted by atomic mass is 9.87. The minimum absolute atomic E-state index is 0.665. The molecule has 2 aromatic rings. The van der Waals surface area contributed by atoms with Gasteiger partial charge < -0.3 is 0 Å². The van der Waals surface area contributed by atoms with Gasteiger partial charge in [0, 0.05) is 0 Å². The zero-order valence-electron chi connectivity index (χ0n) is 23.0. The molecule has 0 bridgehead atoms. The van der Waals surface area contributed by atoms with Crippen LogP contribution in [0, 0.1) is 12.8 Å². The van der Waals surface area contributed by atoms with Crippen LogP contribution in [0.2, 0.25) is 0 Å². The second kappa shape index (κ2) is 15.2. The molecule has 0 nitrogen and oxygen atoms in total. The van der Waals surface area contributed by atoms with Crippen LogP contribution < -0.4 is 0 Å². The van der Waals surface area contributed by atoms with Crippen molar-refractivity contribution in [3.8, 4) is 0 Å². The molecule has 0 heteroatoms. The van der Waals surface area contributed by atoms with E-state index in [1.54, 1.807) is 0 Å². The third-order valence-electron chi connectivity index (χ3n) is 6.89. The van der Waals surface area contributed by atoms with Crippen molar-refractivity contribution < 1.29 is 0 Å². The van der Waals surface area contributed by atoms with Crippen LogP contribution in [0.25, 0.3) is 11.6 Å². The third-order valence-corrected chi connectivity index (χ3v) is 6.89. The minimum atomic E-state index is 0.665. The first-order chi connectivity index (χ1) is 17.0. The highest BCUT2D eigenvalue weighted by molar-refractivity contribution is 5.77. The molecule has 1 saturated carbocycles. The fourth-order valence-corrected chi connectivity index (χ4v) is 4.68. The van der Waals surface area contributed by atoms with E-state index in [0.29, 0.717) is 5.92 Å². The molecule has 0 aliphatic heterocycles. The maximum Gasteiger partial charge on any atom is -0.0149 e. The molecular formula is C35H46. The van der Waals surface area contributed by atoms with Crippen molar-refractivity contribution in [1.29, 1.82) is 0 Å². The number of hydrogen-bond donors (Lipinski definition) is 0. The molecule has 0 saturated heterocycles. The van der Waals surface area contributed by atoms with Gasteiger partial charge in [-0.1, -0.05) is 125 Å². The Morgan fingerprint density at radius 2 is 1.60 bits per heavy atom. The van der Waals surface area contributed by atoms with E-state index >= 15 is 0 Å². The maximum absolute atomic E-state index is 4.49. The van der Waals surface area contributed by atoms with Gasteiger partial charge in [-0.25, -0.2) is 0 Å². The normalized spacial score (nSPS) is 15.7. The molecule has 0 N–H and O–H groups in total. The van der Waals surface area contributed by atoms with E-state index in [4.69, 9.17) is 0 Å². The van der Waals surface area contributed by atoms with Gasteiger partial charge in [0.05, 0.1) is 0 Å². The summed E-state index contributed by atoms with van der Waals surface area (Å²) in [4.78, 5) is 0. The fourth-order valence-electron chi connectivity index (χ4n) is 4.68. The van der Waals surface area contributed by atoms with Gasteiger partial charge in [0.2, 0.25) is 0 Å². The van der Waals surface area contributed by atoms with Gasteiger partial charge in [0.15, 0.2) is 0 Å². The average Bonchev–Trinajstić information content (AvgIpc) is 3.35. The van der Waals surface area contributed by atoms with Gasteiger partial charge in [-0.3, -0.25) is 0 Å². The summed E-state index contributed by atoms with van der Waals surface area (Å²) < 4.78 is 0. The molecule has 0 unspecified atom stereocenters. The first kappa shape index (κ1) is 28.4.